The van der Waals surface area contributed by atoms with E-state index in [-0.39, 0.29) is 50.7 Å². The molecule has 1 fully saturated rings. The Hall–Kier alpha value is -3.88. The summed E-state index contributed by atoms with van der Waals surface area (Å²) in [7, 11) is 1.44. The second kappa shape index (κ2) is 10.0. The second-order valence-corrected chi connectivity index (χ2v) is 8.66. The number of nitrogens with zero attached hydrogens (tertiary/aromatic N) is 1. The van der Waals surface area contributed by atoms with Crippen LogP contribution in [-0.2, 0) is 9.59 Å². The fourth-order valence-corrected chi connectivity index (χ4v) is 4.45. The van der Waals surface area contributed by atoms with Crippen molar-refractivity contribution < 1.29 is 34.4 Å². The summed E-state index contributed by atoms with van der Waals surface area (Å²) in [4.78, 5) is 27.6. The minimum atomic E-state index is -1.20. The summed E-state index contributed by atoms with van der Waals surface area (Å²) in [6, 6.07) is 11.6. The molecule has 1 aliphatic rings. The van der Waals surface area contributed by atoms with Crippen LogP contribution in [0.2, 0.25) is 10.0 Å². The number of ketones is 1. The summed E-state index contributed by atoms with van der Waals surface area (Å²) in [5, 5.41) is 32.4. The Bertz CT molecular complexity index is 1400. The first-order valence-corrected chi connectivity index (χ1v) is 11.5. The standard InChI is InChI=1S/C26H21Cl2NO7/c1-3-36-21-11-13(4-7-19(21)31)23-22(24(32)14-5-9-20(35-2)16(28)10-14)25(33)26(34)29(23)17-12-15(27)6-8-18(17)30/h4-12,23,30-32H,3H2,1-2H3/b24-22+. The molecule has 3 aromatic carbocycles. The largest absolute Gasteiger partial charge is 0.507 e. The molecule has 1 amide bonds. The minimum Gasteiger partial charge on any atom is -0.507 e. The number of halogens is 2. The Balaban J connectivity index is 1.99. The molecule has 0 saturated carbocycles. The zero-order chi connectivity index (χ0) is 26.1. The molecule has 0 aromatic heterocycles. The number of anilines is 1. The van der Waals surface area contributed by atoms with Gasteiger partial charge in [-0.05, 0) is 61.0 Å². The van der Waals surface area contributed by atoms with Crippen LogP contribution in [-0.4, -0.2) is 40.7 Å². The lowest BCUT2D eigenvalue weighted by Crippen LogP contribution is -2.29. The lowest BCUT2D eigenvalue weighted by molar-refractivity contribution is -0.132. The smallest absolute Gasteiger partial charge is 0.300 e. The van der Waals surface area contributed by atoms with Gasteiger partial charge in [-0.25, -0.2) is 0 Å². The van der Waals surface area contributed by atoms with Gasteiger partial charge in [-0.3, -0.25) is 14.5 Å². The van der Waals surface area contributed by atoms with Gasteiger partial charge in [-0.2, -0.15) is 0 Å². The molecule has 186 valence electrons. The summed E-state index contributed by atoms with van der Waals surface area (Å²) < 4.78 is 10.6. The molecule has 1 saturated heterocycles. The molecule has 8 nitrogen and oxygen atoms in total. The monoisotopic (exact) mass is 529 g/mol. The van der Waals surface area contributed by atoms with Crippen molar-refractivity contribution >= 4 is 46.3 Å². The average molecular weight is 530 g/mol. The molecule has 0 radical (unpaired) electrons. The Morgan fingerprint density at radius 1 is 0.972 bits per heavy atom. The van der Waals surface area contributed by atoms with Crippen molar-refractivity contribution in [1.29, 1.82) is 0 Å². The van der Waals surface area contributed by atoms with Crippen LogP contribution in [0.4, 0.5) is 5.69 Å². The maximum Gasteiger partial charge on any atom is 0.300 e. The van der Waals surface area contributed by atoms with Crippen molar-refractivity contribution in [3.8, 4) is 23.0 Å². The predicted octanol–water partition coefficient (Wildman–Crippen LogP) is 5.44. The first-order chi connectivity index (χ1) is 17.2. The van der Waals surface area contributed by atoms with E-state index in [2.05, 4.69) is 0 Å². The Kier molecular flexibility index (Phi) is 7.01. The molecule has 3 aromatic rings. The Labute approximate surface area is 216 Å². The topological polar surface area (TPSA) is 117 Å². The van der Waals surface area contributed by atoms with E-state index in [1.807, 2.05) is 0 Å². The van der Waals surface area contributed by atoms with Gasteiger partial charge in [0.1, 0.15) is 17.3 Å². The summed E-state index contributed by atoms with van der Waals surface area (Å²) in [5.74, 6) is -2.46. The second-order valence-electron chi connectivity index (χ2n) is 7.81. The van der Waals surface area contributed by atoms with E-state index in [0.717, 1.165) is 4.90 Å². The van der Waals surface area contributed by atoms with Crippen molar-refractivity contribution in [2.24, 2.45) is 0 Å². The maximum absolute atomic E-state index is 13.3. The number of aliphatic hydroxyl groups is 1. The zero-order valence-electron chi connectivity index (χ0n) is 19.2. The molecule has 0 spiro atoms. The highest BCUT2D eigenvalue weighted by Gasteiger charge is 2.48. The molecule has 36 heavy (non-hydrogen) atoms. The summed E-state index contributed by atoms with van der Waals surface area (Å²) in [6.07, 6.45) is 0. The number of aliphatic hydroxyl groups excluding tert-OH is 1. The number of carbonyl (C=O) groups is 2. The molecular formula is C26H21Cl2NO7. The van der Waals surface area contributed by atoms with Crippen LogP contribution in [0.3, 0.4) is 0 Å². The number of carbonyl (C=O) groups excluding carboxylic acids is 2. The van der Waals surface area contributed by atoms with Crippen LogP contribution in [0.15, 0.2) is 60.2 Å². The molecule has 0 bridgehead atoms. The van der Waals surface area contributed by atoms with E-state index in [1.165, 1.54) is 61.7 Å². The molecule has 10 heteroatoms. The molecular weight excluding hydrogens is 509 g/mol. The van der Waals surface area contributed by atoms with E-state index >= 15 is 0 Å². The molecule has 0 aliphatic carbocycles. The lowest BCUT2D eigenvalue weighted by Gasteiger charge is -2.26. The maximum atomic E-state index is 13.3. The Morgan fingerprint density at radius 3 is 2.36 bits per heavy atom. The fourth-order valence-electron chi connectivity index (χ4n) is 4.03. The molecule has 4 rings (SSSR count). The van der Waals surface area contributed by atoms with E-state index < -0.39 is 23.5 Å². The highest BCUT2D eigenvalue weighted by molar-refractivity contribution is 6.52. The van der Waals surface area contributed by atoms with Gasteiger partial charge in [-0.15, -0.1) is 0 Å². The molecule has 1 aliphatic heterocycles. The summed E-state index contributed by atoms with van der Waals surface area (Å²) >= 11 is 12.3. The summed E-state index contributed by atoms with van der Waals surface area (Å²) in [6.45, 7) is 1.98. The molecule has 1 unspecified atom stereocenters. The number of Topliss-reactive ketones (excluding diaryl/α,β-unsaturated/α-hetero) is 1. The number of phenolic OH excluding ortho intramolecular Hbond substituents is 2. The highest BCUT2D eigenvalue weighted by atomic mass is 35.5. The number of aromatic hydroxyl groups is 2. The third-order valence-corrected chi connectivity index (χ3v) is 6.20. The number of methoxy groups -OCH3 is 1. The molecule has 3 N–H and O–H groups in total. The van der Waals surface area contributed by atoms with Crippen molar-refractivity contribution in [1.82, 2.24) is 0 Å². The van der Waals surface area contributed by atoms with E-state index in [0.29, 0.717) is 11.3 Å². The van der Waals surface area contributed by atoms with Crippen molar-refractivity contribution in [2.75, 3.05) is 18.6 Å². The quantitative estimate of drug-likeness (QED) is 0.221. The van der Waals surface area contributed by atoms with Crippen LogP contribution in [0.1, 0.15) is 24.1 Å². The normalized spacial score (nSPS) is 16.9. The van der Waals surface area contributed by atoms with Crippen LogP contribution in [0.25, 0.3) is 5.76 Å². The van der Waals surface area contributed by atoms with Crippen LogP contribution in [0.5, 0.6) is 23.0 Å². The number of phenols is 2. The number of amides is 1. The first-order valence-electron chi connectivity index (χ1n) is 10.8. The van der Waals surface area contributed by atoms with Gasteiger partial charge >= 0.3 is 0 Å². The zero-order valence-corrected chi connectivity index (χ0v) is 20.7. The SMILES string of the molecule is CCOc1cc(C2/C(=C(\O)c3ccc(OC)c(Cl)c3)C(=O)C(=O)N2c2cc(Cl)ccc2O)ccc1O. The number of ether oxygens (including phenoxy) is 2. The van der Waals surface area contributed by atoms with Gasteiger partial charge in [-0.1, -0.05) is 29.3 Å². The lowest BCUT2D eigenvalue weighted by atomic mass is 9.94. The van der Waals surface area contributed by atoms with Crippen molar-refractivity contribution in [2.45, 2.75) is 13.0 Å². The number of hydrogen-bond donors (Lipinski definition) is 3. The van der Waals surface area contributed by atoms with E-state index in [4.69, 9.17) is 32.7 Å². The number of rotatable bonds is 6. The van der Waals surface area contributed by atoms with Crippen LogP contribution >= 0.6 is 23.2 Å². The summed E-state index contributed by atoms with van der Waals surface area (Å²) in [5.41, 5.74) is 0.208. The van der Waals surface area contributed by atoms with Crippen molar-refractivity contribution in [3.63, 3.8) is 0 Å². The predicted molar refractivity (Wildman–Crippen MR) is 135 cm³/mol. The third-order valence-electron chi connectivity index (χ3n) is 5.67. The molecule has 1 heterocycles. The fraction of sp³-hybridized carbons (Fsp3) is 0.154. The number of benzene rings is 3. The molecule has 1 atom stereocenters. The van der Waals surface area contributed by atoms with Crippen LogP contribution in [0, 0.1) is 0 Å². The van der Waals surface area contributed by atoms with Gasteiger partial charge in [0.25, 0.3) is 11.7 Å². The minimum absolute atomic E-state index is 0.0348. The Morgan fingerprint density at radius 2 is 1.69 bits per heavy atom. The first kappa shape index (κ1) is 25.2. The number of hydrogen-bond acceptors (Lipinski definition) is 7. The highest BCUT2D eigenvalue weighted by Crippen LogP contribution is 2.47. The van der Waals surface area contributed by atoms with E-state index in [1.54, 1.807) is 6.92 Å². The van der Waals surface area contributed by atoms with E-state index in [9.17, 15) is 24.9 Å². The van der Waals surface area contributed by atoms with Gasteiger partial charge in [0.15, 0.2) is 11.5 Å². The van der Waals surface area contributed by atoms with Gasteiger partial charge in [0.05, 0.1) is 36.0 Å². The van der Waals surface area contributed by atoms with Crippen LogP contribution < -0.4 is 14.4 Å². The van der Waals surface area contributed by atoms with Crippen molar-refractivity contribution in [3.05, 3.63) is 81.3 Å². The van der Waals surface area contributed by atoms with Gasteiger partial charge < -0.3 is 24.8 Å². The third kappa shape index (κ3) is 4.41. The van der Waals surface area contributed by atoms with Gasteiger partial charge in [0, 0.05) is 10.6 Å². The van der Waals surface area contributed by atoms with Gasteiger partial charge in [0.2, 0.25) is 0 Å². The average Bonchev–Trinajstić information content (AvgIpc) is 3.12.